The summed E-state index contributed by atoms with van der Waals surface area (Å²) >= 11 is 0. The van der Waals surface area contributed by atoms with Crippen LogP contribution in [0.25, 0.3) is 0 Å². The average Bonchev–Trinajstić information content (AvgIpc) is 2.52. The van der Waals surface area contributed by atoms with Crippen molar-refractivity contribution in [2.75, 3.05) is 6.61 Å². The van der Waals surface area contributed by atoms with Crippen LogP contribution in [0.4, 0.5) is 0 Å². The Morgan fingerprint density at radius 1 is 1.64 bits per heavy atom. The zero-order chi connectivity index (χ0) is 8.10. The Labute approximate surface area is 66.8 Å². The highest BCUT2D eigenvalue weighted by Gasteiger charge is 2.05. The zero-order valence-corrected chi connectivity index (χ0v) is 6.79. The molecule has 0 amide bonds. The van der Waals surface area contributed by atoms with Gasteiger partial charge >= 0.3 is 0 Å². The van der Waals surface area contributed by atoms with E-state index < -0.39 is 0 Å². The summed E-state index contributed by atoms with van der Waals surface area (Å²) in [6.07, 6.45) is 5.34. The van der Waals surface area contributed by atoms with Crippen LogP contribution in [0.3, 0.4) is 0 Å². The monoisotopic (exact) mass is 154 g/mol. The topological polar surface area (TPSA) is 33.4 Å². The largest absolute Gasteiger partial charge is 0.472 e. The molecule has 0 spiro atoms. The van der Waals surface area contributed by atoms with E-state index in [0.29, 0.717) is 5.92 Å². The zero-order valence-electron chi connectivity index (χ0n) is 6.79. The first-order valence-corrected chi connectivity index (χ1v) is 3.98. The van der Waals surface area contributed by atoms with Crippen LogP contribution >= 0.6 is 0 Å². The third-order valence-electron chi connectivity index (χ3n) is 1.94. The average molecular weight is 154 g/mol. The third-order valence-corrected chi connectivity index (χ3v) is 1.94. The van der Waals surface area contributed by atoms with Crippen molar-refractivity contribution in [3.8, 4) is 0 Å². The van der Waals surface area contributed by atoms with Crippen molar-refractivity contribution in [1.29, 1.82) is 0 Å². The molecule has 2 heteroatoms. The molecular weight excluding hydrogens is 140 g/mol. The molecule has 2 nitrogen and oxygen atoms in total. The lowest BCUT2D eigenvalue weighted by atomic mass is 10.00. The van der Waals surface area contributed by atoms with Gasteiger partial charge in [0.25, 0.3) is 0 Å². The molecule has 0 saturated heterocycles. The van der Waals surface area contributed by atoms with Crippen LogP contribution in [0.1, 0.15) is 18.9 Å². The fraction of sp³-hybridized carbons (Fsp3) is 0.556. The van der Waals surface area contributed by atoms with Crippen molar-refractivity contribution < 1.29 is 9.52 Å². The van der Waals surface area contributed by atoms with Crippen molar-refractivity contribution in [2.45, 2.75) is 19.8 Å². The fourth-order valence-corrected chi connectivity index (χ4v) is 1.08. The maximum Gasteiger partial charge on any atom is 0.0934 e. The van der Waals surface area contributed by atoms with Crippen LogP contribution < -0.4 is 0 Å². The predicted octanol–water partition coefficient (Wildman–Crippen LogP) is 1.84. The molecule has 0 aliphatic carbocycles. The molecule has 1 N–H and O–H groups in total. The summed E-state index contributed by atoms with van der Waals surface area (Å²) in [6, 6.07) is 1.94. The van der Waals surface area contributed by atoms with Gasteiger partial charge in [-0.25, -0.2) is 0 Å². The smallest absolute Gasteiger partial charge is 0.0934 e. The maximum atomic E-state index is 8.89. The Balaban J connectivity index is 2.41. The summed E-state index contributed by atoms with van der Waals surface area (Å²) in [4.78, 5) is 0. The number of hydrogen-bond donors (Lipinski definition) is 1. The van der Waals surface area contributed by atoms with Crippen molar-refractivity contribution in [3.63, 3.8) is 0 Å². The van der Waals surface area contributed by atoms with Gasteiger partial charge < -0.3 is 9.52 Å². The van der Waals surface area contributed by atoms with Gasteiger partial charge in [-0.05, 0) is 24.0 Å². The third kappa shape index (κ3) is 2.39. The molecule has 11 heavy (non-hydrogen) atoms. The fourth-order valence-electron chi connectivity index (χ4n) is 1.08. The summed E-state index contributed by atoms with van der Waals surface area (Å²) < 4.78 is 4.92. The van der Waals surface area contributed by atoms with Crippen LogP contribution in [0.5, 0.6) is 0 Å². The highest BCUT2D eigenvalue weighted by Crippen LogP contribution is 2.11. The van der Waals surface area contributed by atoms with E-state index in [4.69, 9.17) is 9.52 Å². The minimum atomic E-state index is 0.266. The number of rotatable bonds is 4. The molecule has 0 fully saturated rings. The summed E-state index contributed by atoms with van der Waals surface area (Å²) in [5.41, 5.74) is 1.17. The van der Waals surface area contributed by atoms with Crippen LogP contribution in [0, 0.1) is 5.92 Å². The number of furan rings is 1. The summed E-state index contributed by atoms with van der Waals surface area (Å²) in [5.74, 6) is 0.382. The highest BCUT2D eigenvalue weighted by molar-refractivity contribution is 5.05. The van der Waals surface area contributed by atoms with E-state index in [1.165, 1.54) is 5.56 Å². The molecule has 0 aromatic carbocycles. The van der Waals surface area contributed by atoms with Gasteiger partial charge in [0, 0.05) is 6.61 Å². The minimum Gasteiger partial charge on any atom is -0.472 e. The van der Waals surface area contributed by atoms with E-state index >= 15 is 0 Å². The Morgan fingerprint density at radius 2 is 2.45 bits per heavy atom. The number of hydrogen-bond acceptors (Lipinski definition) is 2. The van der Waals surface area contributed by atoms with E-state index in [9.17, 15) is 0 Å². The SMILES string of the molecule is CCC(CO)Cc1ccoc1. The van der Waals surface area contributed by atoms with Gasteiger partial charge in [-0.3, -0.25) is 0 Å². The van der Waals surface area contributed by atoms with E-state index in [0.717, 1.165) is 12.8 Å². The number of aliphatic hydroxyl groups excluding tert-OH is 1. The van der Waals surface area contributed by atoms with Gasteiger partial charge in [0.05, 0.1) is 12.5 Å². The molecule has 0 aliphatic heterocycles. The van der Waals surface area contributed by atoms with E-state index in [1.807, 2.05) is 6.07 Å². The van der Waals surface area contributed by atoms with Crippen LogP contribution in [0.2, 0.25) is 0 Å². The second-order valence-corrected chi connectivity index (χ2v) is 2.79. The summed E-state index contributed by atoms with van der Waals surface area (Å²) in [6.45, 7) is 2.35. The second kappa shape index (κ2) is 4.19. The van der Waals surface area contributed by atoms with Gasteiger partial charge in [0.1, 0.15) is 0 Å². The summed E-state index contributed by atoms with van der Waals surface area (Å²) in [5, 5.41) is 8.89. The molecule has 1 unspecified atom stereocenters. The lowest BCUT2D eigenvalue weighted by Gasteiger charge is -2.08. The molecule has 1 rings (SSSR count). The van der Waals surface area contributed by atoms with E-state index in [-0.39, 0.29) is 6.61 Å². The standard InChI is InChI=1S/C9H14O2/c1-2-8(6-10)5-9-3-4-11-7-9/h3-4,7-8,10H,2,5-6H2,1H3. The Morgan fingerprint density at radius 3 is 2.91 bits per heavy atom. The van der Waals surface area contributed by atoms with Crippen molar-refractivity contribution in [2.24, 2.45) is 5.92 Å². The van der Waals surface area contributed by atoms with Crippen LogP contribution in [-0.4, -0.2) is 11.7 Å². The lowest BCUT2D eigenvalue weighted by Crippen LogP contribution is -2.07. The molecule has 0 aliphatic rings. The quantitative estimate of drug-likeness (QED) is 0.717. The first-order valence-electron chi connectivity index (χ1n) is 3.98. The van der Waals surface area contributed by atoms with Crippen LogP contribution in [0.15, 0.2) is 23.0 Å². The molecule has 1 aromatic heterocycles. The first-order chi connectivity index (χ1) is 5.36. The van der Waals surface area contributed by atoms with E-state index in [1.54, 1.807) is 12.5 Å². The van der Waals surface area contributed by atoms with Crippen LogP contribution in [-0.2, 0) is 6.42 Å². The minimum absolute atomic E-state index is 0.266. The van der Waals surface area contributed by atoms with Gasteiger partial charge in [-0.1, -0.05) is 13.3 Å². The van der Waals surface area contributed by atoms with Gasteiger partial charge in [0.2, 0.25) is 0 Å². The lowest BCUT2D eigenvalue weighted by molar-refractivity contribution is 0.222. The van der Waals surface area contributed by atoms with E-state index in [2.05, 4.69) is 6.92 Å². The predicted molar refractivity (Wildman–Crippen MR) is 43.3 cm³/mol. The number of aliphatic hydroxyl groups is 1. The molecule has 1 heterocycles. The maximum absolute atomic E-state index is 8.89. The van der Waals surface area contributed by atoms with Crippen molar-refractivity contribution >= 4 is 0 Å². The molecule has 1 aromatic rings. The molecular formula is C9H14O2. The van der Waals surface area contributed by atoms with Crippen molar-refractivity contribution in [3.05, 3.63) is 24.2 Å². The molecule has 0 bridgehead atoms. The Kier molecular flexibility index (Phi) is 3.17. The van der Waals surface area contributed by atoms with Gasteiger partial charge in [-0.15, -0.1) is 0 Å². The molecule has 1 atom stereocenters. The second-order valence-electron chi connectivity index (χ2n) is 2.79. The highest BCUT2D eigenvalue weighted by atomic mass is 16.3. The Bertz CT molecular complexity index is 175. The van der Waals surface area contributed by atoms with Crippen molar-refractivity contribution in [1.82, 2.24) is 0 Å². The van der Waals surface area contributed by atoms with Gasteiger partial charge in [0.15, 0.2) is 0 Å². The molecule has 0 radical (unpaired) electrons. The molecule has 0 saturated carbocycles. The Hall–Kier alpha value is -0.760. The summed E-state index contributed by atoms with van der Waals surface area (Å²) in [7, 11) is 0. The molecule has 62 valence electrons. The normalized spacial score (nSPS) is 13.3. The van der Waals surface area contributed by atoms with Gasteiger partial charge in [-0.2, -0.15) is 0 Å². The first kappa shape index (κ1) is 8.34.